The average molecular weight is 210 g/mol. The third-order valence-corrected chi connectivity index (χ3v) is 3.60. The summed E-state index contributed by atoms with van der Waals surface area (Å²) in [5.41, 5.74) is 0. The summed E-state index contributed by atoms with van der Waals surface area (Å²) in [5.74, 6) is 1.76. The first kappa shape index (κ1) is 11.0. The third-order valence-electron chi connectivity index (χ3n) is 3.60. The van der Waals surface area contributed by atoms with Gasteiger partial charge in [-0.2, -0.15) is 4.58 Å². The van der Waals surface area contributed by atoms with E-state index in [1.807, 2.05) is 0 Å². The van der Waals surface area contributed by atoms with Gasteiger partial charge in [0.05, 0.1) is 5.92 Å². The van der Waals surface area contributed by atoms with Gasteiger partial charge in [-0.15, -0.1) is 0 Å². The Hall–Kier alpha value is -0.530. The second kappa shape index (κ2) is 4.15. The number of nitrogens with zero attached hydrogens (tertiary/aromatic N) is 1. The number of ether oxygens (including phenoxy) is 1. The van der Waals surface area contributed by atoms with Gasteiger partial charge >= 0.3 is 5.90 Å². The van der Waals surface area contributed by atoms with Crippen molar-refractivity contribution in [3.05, 3.63) is 0 Å². The smallest absolute Gasteiger partial charge is 0.339 e. The maximum atomic E-state index is 6.14. The van der Waals surface area contributed by atoms with Crippen molar-refractivity contribution in [2.45, 2.75) is 71.6 Å². The molecule has 0 unspecified atom stereocenters. The zero-order valence-corrected chi connectivity index (χ0v) is 10.5. The van der Waals surface area contributed by atoms with Gasteiger partial charge in [-0.3, -0.25) is 0 Å². The van der Waals surface area contributed by atoms with E-state index in [0.29, 0.717) is 24.1 Å². The normalized spacial score (nSPS) is 31.1. The van der Waals surface area contributed by atoms with E-state index in [1.54, 1.807) is 0 Å². The molecule has 0 N–H and O–H groups in total. The highest BCUT2D eigenvalue weighted by atomic mass is 16.5. The molecule has 0 aromatic rings. The standard InChI is InChI=1S/C13H24NO/c1-9(2)13-14(10(3)4)11-7-5-6-8-12(11)15-13/h9-12H,5-8H2,1-4H3/q+1/t11-,12-/m0/s1. The topological polar surface area (TPSA) is 12.2 Å². The molecule has 1 saturated carbocycles. The molecule has 0 radical (unpaired) electrons. The minimum atomic E-state index is 0.485. The molecule has 15 heavy (non-hydrogen) atoms. The zero-order valence-electron chi connectivity index (χ0n) is 10.5. The van der Waals surface area contributed by atoms with Crippen LogP contribution in [0.1, 0.15) is 53.4 Å². The van der Waals surface area contributed by atoms with Crippen molar-refractivity contribution >= 4 is 5.90 Å². The molecule has 2 rings (SSSR count). The second-order valence-electron chi connectivity index (χ2n) is 5.50. The van der Waals surface area contributed by atoms with Gasteiger partial charge in [0, 0.05) is 6.42 Å². The van der Waals surface area contributed by atoms with Crippen molar-refractivity contribution < 1.29 is 9.31 Å². The average Bonchev–Trinajstić information content (AvgIpc) is 2.56. The van der Waals surface area contributed by atoms with E-state index in [2.05, 4.69) is 32.3 Å². The first-order chi connectivity index (χ1) is 7.11. The number of hydrogen-bond donors (Lipinski definition) is 0. The van der Waals surface area contributed by atoms with Crippen LogP contribution in [0.15, 0.2) is 0 Å². The van der Waals surface area contributed by atoms with Gasteiger partial charge < -0.3 is 4.74 Å². The van der Waals surface area contributed by atoms with Gasteiger partial charge in [-0.05, 0) is 47.0 Å². The zero-order chi connectivity index (χ0) is 11.0. The van der Waals surface area contributed by atoms with Crippen LogP contribution < -0.4 is 0 Å². The highest BCUT2D eigenvalue weighted by molar-refractivity contribution is 5.74. The molecule has 1 aliphatic heterocycles. The summed E-state index contributed by atoms with van der Waals surface area (Å²) >= 11 is 0. The quantitative estimate of drug-likeness (QED) is 0.638. The summed E-state index contributed by atoms with van der Waals surface area (Å²) in [7, 11) is 0. The summed E-state index contributed by atoms with van der Waals surface area (Å²) in [4.78, 5) is 0. The molecule has 2 nitrogen and oxygen atoms in total. The molecule has 1 heterocycles. The predicted octanol–water partition coefficient (Wildman–Crippen LogP) is 2.80. The minimum Gasteiger partial charge on any atom is -0.437 e. The molecule has 1 fully saturated rings. The largest absolute Gasteiger partial charge is 0.437 e. The monoisotopic (exact) mass is 210 g/mol. The molecule has 2 aliphatic rings. The van der Waals surface area contributed by atoms with Crippen LogP contribution in [0.2, 0.25) is 0 Å². The number of hydrogen-bond acceptors (Lipinski definition) is 1. The van der Waals surface area contributed by atoms with Crippen LogP contribution in [-0.4, -0.2) is 28.7 Å². The van der Waals surface area contributed by atoms with E-state index in [0.717, 1.165) is 0 Å². The maximum absolute atomic E-state index is 6.14. The lowest BCUT2D eigenvalue weighted by Crippen LogP contribution is -2.38. The molecule has 1 aliphatic carbocycles. The Morgan fingerprint density at radius 2 is 1.80 bits per heavy atom. The van der Waals surface area contributed by atoms with Crippen LogP contribution in [-0.2, 0) is 4.74 Å². The highest BCUT2D eigenvalue weighted by Crippen LogP contribution is 2.30. The van der Waals surface area contributed by atoms with Gasteiger partial charge in [-0.25, -0.2) is 0 Å². The SMILES string of the molecule is CC(C)C1=[N+](C(C)C)[C@H]2CCCC[C@@H]2O1. The van der Waals surface area contributed by atoms with Gasteiger partial charge in [0.15, 0.2) is 18.2 Å². The lowest BCUT2D eigenvalue weighted by molar-refractivity contribution is -0.592. The Morgan fingerprint density at radius 1 is 1.13 bits per heavy atom. The molecular formula is C13H24NO+. The molecule has 2 atom stereocenters. The minimum absolute atomic E-state index is 0.485. The number of fused-ring (bicyclic) bond motifs is 1. The van der Waals surface area contributed by atoms with Crippen LogP contribution >= 0.6 is 0 Å². The van der Waals surface area contributed by atoms with Crippen LogP contribution in [0, 0.1) is 5.92 Å². The molecule has 0 aromatic heterocycles. The van der Waals surface area contributed by atoms with Crippen LogP contribution in [0.4, 0.5) is 0 Å². The summed E-state index contributed by atoms with van der Waals surface area (Å²) < 4.78 is 8.68. The van der Waals surface area contributed by atoms with E-state index < -0.39 is 0 Å². The third kappa shape index (κ3) is 1.91. The lowest BCUT2D eigenvalue weighted by atomic mass is 9.92. The van der Waals surface area contributed by atoms with Gasteiger partial charge in [0.2, 0.25) is 0 Å². The Morgan fingerprint density at radius 3 is 2.40 bits per heavy atom. The molecule has 2 heteroatoms. The highest BCUT2D eigenvalue weighted by Gasteiger charge is 2.46. The Balaban J connectivity index is 2.26. The Labute approximate surface area is 93.3 Å². The lowest BCUT2D eigenvalue weighted by Gasteiger charge is -2.21. The maximum Gasteiger partial charge on any atom is 0.339 e. The number of rotatable bonds is 2. The van der Waals surface area contributed by atoms with E-state index in [9.17, 15) is 0 Å². The fourth-order valence-corrected chi connectivity index (χ4v) is 2.98. The van der Waals surface area contributed by atoms with Crippen molar-refractivity contribution in [3.63, 3.8) is 0 Å². The first-order valence-corrected chi connectivity index (χ1v) is 6.43. The van der Waals surface area contributed by atoms with Gasteiger partial charge in [0.1, 0.15) is 0 Å². The van der Waals surface area contributed by atoms with Crippen LogP contribution in [0.3, 0.4) is 0 Å². The molecule has 0 spiro atoms. The van der Waals surface area contributed by atoms with Crippen molar-refractivity contribution in [1.82, 2.24) is 0 Å². The second-order valence-corrected chi connectivity index (χ2v) is 5.50. The first-order valence-electron chi connectivity index (χ1n) is 6.43. The predicted molar refractivity (Wildman–Crippen MR) is 62.4 cm³/mol. The van der Waals surface area contributed by atoms with Crippen molar-refractivity contribution in [2.24, 2.45) is 5.92 Å². The van der Waals surface area contributed by atoms with Crippen molar-refractivity contribution in [3.8, 4) is 0 Å². The van der Waals surface area contributed by atoms with Crippen LogP contribution in [0.25, 0.3) is 0 Å². The fraction of sp³-hybridized carbons (Fsp3) is 0.923. The van der Waals surface area contributed by atoms with Crippen molar-refractivity contribution in [2.75, 3.05) is 0 Å². The van der Waals surface area contributed by atoms with E-state index >= 15 is 0 Å². The fourth-order valence-electron chi connectivity index (χ4n) is 2.98. The van der Waals surface area contributed by atoms with Crippen molar-refractivity contribution in [1.29, 1.82) is 0 Å². The van der Waals surface area contributed by atoms with Gasteiger partial charge in [-0.1, -0.05) is 0 Å². The van der Waals surface area contributed by atoms with E-state index in [4.69, 9.17) is 4.74 Å². The summed E-state index contributed by atoms with van der Waals surface area (Å²) in [6.45, 7) is 9.04. The molecule has 0 saturated heterocycles. The molecule has 0 bridgehead atoms. The van der Waals surface area contributed by atoms with E-state index in [-0.39, 0.29) is 0 Å². The van der Waals surface area contributed by atoms with E-state index in [1.165, 1.54) is 31.6 Å². The molecule has 0 aromatic carbocycles. The Kier molecular flexibility index (Phi) is 3.03. The summed E-state index contributed by atoms with van der Waals surface area (Å²) in [6.07, 6.45) is 5.78. The van der Waals surface area contributed by atoms with Gasteiger partial charge in [0.25, 0.3) is 0 Å². The molecule has 86 valence electrons. The molecular weight excluding hydrogens is 186 g/mol. The summed E-state index contributed by atoms with van der Waals surface area (Å²) in [5, 5.41) is 0. The Bertz CT molecular complexity index is 268. The molecule has 0 amide bonds. The summed E-state index contributed by atoms with van der Waals surface area (Å²) in [6, 6.07) is 1.24. The van der Waals surface area contributed by atoms with Crippen LogP contribution in [0.5, 0.6) is 0 Å².